The van der Waals surface area contributed by atoms with Gasteiger partial charge in [-0.3, -0.25) is 0 Å². The third-order valence-corrected chi connectivity index (χ3v) is 3.95. The van der Waals surface area contributed by atoms with Gasteiger partial charge in [0, 0.05) is 18.8 Å². The number of aromatic nitrogens is 1. The molecule has 1 aromatic heterocycles. The average Bonchev–Trinajstić information content (AvgIpc) is 2.71. The van der Waals surface area contributed by atoms with Crippen molar-refractivity contribution in [3.8, 4) is 0 Å². The minimum atomic E-state index is 0.0285. The smallest absolute Gasteiger partial charge is 0.128 e. The van der Waals surface area contributed by atoms with Gasteiger partial charge in [-0.25, -0.2) is 4.98 Å². The maximum Gasteiger partial charge on any atom is 0.128 e. The number of pyridine rings is 1. The van der Waals surface area contributed by atoms with E-state index in [1.54, 1.807) is 0 Å². The Kier molecular flexibility index (Phi) is 2.18. The first-order chi connectivity index (χ1) is 7.70. The van der Waals surface area contributed by atoms with Crippen LogP contribution in [0.15, 0.2) is 12.1 Å². The third kappa shape index (κ3) is 1.50. The molecule has 86 valence electrons. The van der Waals surface area contributed by atoms with Gasteiger partial charge in [-0.1, -0.05) is 13.0 Å². The third-order valence-electron chi connectivity index (χ3n) is 3.95. The van der Waals surface area contributed by atoms with Crippen LogP contribution in [0.4, 0.5) is 5.82 Å². The van der Waals surface area contributed by atoms with E-state index in [2.05, 4.69) is 24.0 Å². The fourth-order valence-electron chi connectivity index (χ4n) is 2.68. The Morgan fingerprint density at radius 1 is 1.38 bits per heavy atom. The van der Waals surface area contributed by atoms with Crippen molar-refractivity contribution in [3.05, 3.63) is 23.4 Å². The lowest BCUT2D eigenvalue weighted by Gasteiger charge is -2.48. The summed E-state index contributed by atoms with van der Waals surface area (Å²) in [5.41, 5.74) is 8.95. The second-order valence-corrected chi connectivity index (χ2v) is 5.20. The van der Waals surface area contributed by atoms with E-state index >= 15 is 0 Å². The summed E-state index contributed by atoms with van der Waals surface area (Å²) in [7, 11) is 0. The van der Waals surface area contributed by atoms with E-state index < -0.39 is 0 Å². The largest absolute Gasteiger partial charge is 0.353 e. The van der Waals surface area contributed by atoms with Crippen LogP contribution in [0.1, 0.15) is 31.0 Å². The molecule has 0 atom stereocenters. The zero-order chi connectivity index (χ0) is 11.2. The van der Waals surface area contributed by atoms with E-state index in [1.165, 1.54) is 24.1 Å². The van der Waals surface area contributed by atoms with Crippen LogP contribution in [-0.4, -0.2) is 23.6 Å². The molecule has 0 bridgehead atoms. The minimum Gasteiger partial charge on any atom is -0.353 e. The zero-order valence-electron chi connectivity index (χ0n) is 9.87. The van der Waals surface area contributed by atoms with Gasteiger partial charge in [0.05, 0.1) is 5.54 Å². The van der Waals surface area contributed by atoms with Crippen LogP contribution in [0.5, 0.6) is 0 Å². The highest BCUT2D eigenvalue weighted by Crippen LogP contribution is 2.29. The van der Waals surface area contributed by atoms with Gasteiger partial charge >= 0.3 is 0 Å². The van der Waals surface area contributed by atoms with Crippen LogP contribution in [0.25, 0.3) is 0 Å². The number of fused-ring (bicyclic) bond motifs is 1. The maximum absolute atomic E-state index is 6.17. The molecule has 0 saturated carbocycles. The number of nitrogens with two attached hydrogens (primary N) is 1. The molecule has 0 spiro atoms. The van der Waals surface area contributed by atoms with Crippen molar-refractivity contribution >= 4 is 5.82 Å². The Bertz CT molecular complexity index is 408. The summed E-state index contributed by atoms with van der Waals surface area (Å²) in [5, 5.41) is 0. The van der Waals surface area contributed by atoms with E-state index in [-0.39, 0.29) is 5.54 Å². The van der Waals surface area contributed by atoms with E-state index in [0.29, 0.717) is 0 Å². The molecule has 2 N–H and O–H groups in total. The molecule has 0 aromatic carbocycles. The molecular formula is C13H19N3. The van der Waals surface area contributed by atoms with Crippen LogP contribution in [-0.2, 0) is 12.8 Å². The fraction of sp³-hybridized carbons (Fsp3) is 0.615. The highest BCUT2D eigenvalue weighted by molar-refractivity contribution is 5.47. The molecule has 1 aromatic rings. The van der Waals surface area contributed by atoms with E-state index in [4.69, 9.17) is 10.7 Å². The number of nitrogens with zero attached hydrogens (tertiary/aromatic N) is 2. The Balaban J connectivity index is 1.77. The standard InChI is InChI=1S/C13H19N3/c1-2-13(14)8-16(9-13)12-7-6-10-4-3-5-11(10)15-12/h6-7H,2-5,8-9,14H2,1H3. The topological polar surface area (TPSA) is 42.1 Å². The SMILES string of the molecule is CCC1(N)CN(c2ccc3c(n2)CCC3)C1. The zero-order valence-corrected chi connectivity index (χ0v) is 9.87. The molecule has 2 aliphatic rings. The van der Waals surface area contributed by atoms with Gasteiger partial charge in [-0.15, -0.1) is 0 Å². The number of aryl methyl sites for hydroxylation is 2. The van der Waals surface area contributed by atoms with Crippen molar-refractivity contribution in [1.82, 2.24) is 4.98 Å². The average molecular weight is 217 g/mol. The number of hydrogen-bond donors (Lipinski definition) is 1. The number of anilines is 1. The molecule has 1 saturated heterocycles. The lowest BCUT2D eigenvalue weighted by molar-refractivity contribution is 0.320. The van der Waals surface area contributed by atoms with Crippen molar-refractivity contribution in [2.75, 3.05) is 18.0 Å². The van der Waals surface area contributed by atoms with Gasteiger partial charge in [-0.2, -0.15) is 0 Å². The molecule has 3 rings (SSSR count). The van der Waals surface area contributed by atoms with Gasteiger partial charge < -0.3 is 10.6 Å². The highest BCUT2D eigenvalue weighted by Gasteiger charge is 2.38. The van der Waals surface area contributed by atoms with Gasteiger partial charge in [0.2, 0.25) is 0 Å². The molecule has 3 heteroatoms. The molecule has 3 nitrogen and oxygen atoms in total. The summed E-state index contributed by atoms with van der Waals surface area (Å²) in [6, 6.07) is 4.40. The summed E-state index contributed by atoms with van der Waals surface area (Å²) in [4.78, 5) is 7.04. The molecule has 16 heavy (non-hydrogen) atoms. The van der Waals surface area contributed by atoms with Crippen molar-refractivity contribution in [2.24, 2.45) is 5.73 Å². The Hall–Kier alpha value is -1.09. The Labute approximate surface area is 96.7 Å². The van der Waals surface area contributed by atoms with Gasteiger partial charge in [0.25, 0.3) is 0 Å². The predicted octanol–water partition coefficient (Wildman–Crippen LogP) is 1.50. The maximum atomic E-state index is 6.17. The van der Waals surface area contributed by atoms with Crippen molar-refractivity contribution in [3.63, 3.8) is 0 Å². The Morgan fingerprint density at radius 2 is 2.19 bits per heavy atom. The first-order valence-corrected chi connectivity index (χ1v) is 6.23. The molecule has 0 radical (unpaired) electrons. The first kappa shape index (κ1) is 10.1. The van der Waals surface area contributed by atoms with Crippen molar-refractivity contribution < 1.29 is 0 Å². The normalized spacial score (nSPS) is 21.8. The van der Waals surface area contributed by atoms with Crippen molar-refractivity contribution in [1.29, 1.82) is 0 Å². The number of rotatable bonds is 2. The molecular weight excluding hydrogens is 198 g/mol. The summed E-state index contributed by atoms with van der Waals surface area (Å²) in [6.07, 6.45) is 4.67. The molecule has 2 heterocycles. The van der Waals surface area contributed by atoms with Crippen LogP contribution >= 0.6 is 0 Å². The van der Waals surface area contributed by atoms with Gasteiger partial charge in [0.1, 0.15) is 5.82 Å². The molecule has 0 unspecified atom stereocenters. The molecule has 1 aliphatic carbocycles. The molecule has 1 aliphatic heterocycles. The number of hydrogen-bond acceptors (Lipinski definition) is 3. The fourth-order valence-corrected chi connectivity index (χ4v) is 2.68. The second-order valence-electron chi connectivity index (χ2n) is 5.20. The van der Waals surface area contributed by atoms with Gasteiger partial charge in [-0.05, 0) is 37.3 Å². The molecule has 0 amide bonds. The quantitative estimate of drug-likeness (QED) is 0.816. The lowest BCUT2D eigenvalue weighted by Crippen LogP contribution is -2.67. The Morgan fingerprint density at radius 3 is 2.94 bits per heavy atom. The van der Waals surface area contributed by atoms with Crippen LogP contribution in [0.3, 0.4) is 0 Å². The summed E-state index contributed by atoms with van der Waals surface area (Å²) < 4.78 is 0. The van der Waals surface area contributed by atoms with E-state index in [1.807, 2.05) is 0 Å². The monoisotopic (exact) mass is 217 g/mol. The molecule has 1 fully saturated rings. The van der Waals surface area contributed by atoms with Crippen LogP contribution < -0.4 is 10.6 Å². The van der Waals surface area contributed by atoms with Crippen LogP contribution in [0.2, 0.25) is 0 Å². The van der Waals surface area contributed by atoms with E-state index in [9.17, 15) is 0 Å². The first-order valence-electron chi connectivity index (χ1n) is 6.23. The van der Waals surface area contributed by atoms with Crippen molar-refractivity contribution in [2.45, 2.75) is 38.1 Å². The predicted molar refractivity (Wildman–Crippen MR) is 65.7 cm³/mol. The van der Waals surface area contributed by atoms with Crippen LogP contribution in [0, 0.1) is 0 Å². The summed E-state index contributed by atoms with van der Waals surface area (Å²) in [5.74, 6) is 1.12. The lowest BCUT2D eigenvalue weighted by atomic mass is 9.88. The van der Waals surface area contributed by atoms with Gasteiger partial charge in [0.15, 0.2) is 0 Å². The summed E-state index contributed by atoms with van der Waals surface area (Å²) in [6.45, 7) is 4.07. The minimum absolute atomic E-state index is 0.0285. The summed E-state index contributed by atoms with van der Waals surface area (Å²) >= 11 is 0. The highest BCUT2D eigenvalue weighted by atomic mass is 15.3. The second kappa shape index (κ2) is 3.45. The van der Waals surface area contributed by atoms with E-state index in [0.717, 1.165) is 31.7 Å².